The quantitative estimate of drug-likeness (QED) is 0.529. The Morgan fingerprint density at radius 2 is 1.32 bits per heavy atom. The molecule has 0 aliphatic carbocycles. The Balaban J connectivity index is 1.56. The van der Waals surface area contributed by atoms with Gasteiger partial charge in [0.15, 0.2) is 6.10 Å². The fourth-order valence-electron chi connectivity index (χ4n) is 4.63. The van der Waals surface area contributed by atoms with Crippen LogP contribution in [0.15, 0.2) is 66.7 Å². The van der Waals surface area contributed by atoms with Gasteiger partial charge in [-0.25, -0.2) is 9.96 Å². The van der Waals surface area contributed by atoms with Crippen molar-refractivity contribution in [1.82, 2.24) is 0 Å². The van der Waals surface area contributed by atoms with E-state index in [0.29, 0.717) is 17.2 Å². The van der Waals surface area contributed by atoms with E-state index in [1.807, 2.05) is 80.6 Å². The summed E-state index contributed by atoms with van der Waals surface area (Å²) in [5.74, 6) is 0.102. The molecule has 34 heavy (non-hydrogen) atoms. The molecule has 0 unspecified atom stereocenters. The maximum Gasteiger partial charge on any atom is 0.266 e. The average Bonchev–Trinajstić information content (AvgIpc) is 3.37. The summed E-state index contributed by atoms with van der Waals surface area (Å²) < 4.78 is 10.6. The number of amides is 2. The third kappa shape index (κ3) is 3.49. The first-order valence-electron chi connectivity index (χ1n) is 11.1. The van der Waals surface area contributed by atoms with Gasteiger partial charge in [0.2, 0.25) is 5.91 Å². The highest BCUT2D eigenvalue weighted by Crippen LogP contribution is 2.48. The standard InChI is InChI=1S/C27H26N2O5/c1-16-5-8-20(15-17(16)2)28-26(30)23-24(18-6-11-21(32-3)12-7-18)29(34-25(23)27(28)31)19-9-13-22(33-4)14-10-19/h5-15,23-25H,1-4H3/t23-,24-,25+/m1/s1. The van der Waals surface area contributed by atoms with Crippen molar-refractivity contribution in [3.05, 3.63) is 83.4 Å². The van der Waals surface area contributed by atoms with Crippen LogP contribution in [0.3, 0.4) is 0 Å². The number of hydrogen-bond donors (Lipinski definition) is 0. The number of nitrogens with zero attached hydrogens (tertiary/aromatic N) is 2. The number of methoxy groups -OCH3 is 2. The van der Waals surface area contributed by atoms with E-state index in [2.05, 4.69) is 0 Å². The zero-order chi connectivity index (χ0) is 24.0. The van der Waals surface area contributed by atoms with Crippen LogP contribution in [-0.4, -0.2) is 32.1 Å². The first-order chi connectivity index (χ1) is 16.4. The third-order valence-electron chi connectivity index (χ3n) is 6.65. The molecule has 7 nitrogen and oxygen atoms in total. The van der Waals surface area contributed by atoms with E-state index in [9.17, 15) is 9.59 Å². The Morgan fingerprint density at radius 1 is 0.735 bits per heavy atom. The van der Waals surface area contributed by atoms with Gasteiger partial charge in [-0.1, -0.05) is 18.2 Å². The summed E-state index contributed by atoms with van der Waals surface area (Å²) >= 11 is 0. The topological polar surface area (TPSA) is 68.3 Å². The van der Waals surface area contributed by atoms with Crippen molar-refractivity contribution in [2.45, 2.75) is 26.0 Å². The molecular weight excluding hydrogens is 432 g/mol. The molecule has 0 spiro atoms. The molecule has 7 heteroatoms. The Morgan fingerprint density at radius 3 is 1.91 bits per heavy atom. The van der Waals surface area contributed by atoms with Gasteiger partial charge >= 0.3 is 0 Å². The molecule has 2 fully saturated rings. The summed E-state index contributed by atoms with van der Waals surface area (Å²) in [6.45, 7) is 3.96. The zero-order valence-corrected chi connectivity index (χ0v) is 19.5. The number of fused-ring (bicyclic) bond motifs is 1. The van der Waals surface area contributed by atoms with E-state index >= 15 is 0 Å². The highest BCUT2D eigenvalue weighted by molar-refractivity contribution is 6.24. The number of rotatable bonds is 5. The number of anilines is 2. The number of hydrogen-bond acceptors (Lipinski definition) is 6. The number of carbonyl (C=O) groups excluding carboxylic acids is 2. The van der Waals surface area contributed by atoms with Crippen molar-refractivity contribution < 1.29 is 23.9 Å². The fourth-order valence-corrected chi connectivity index (χ4v) is 4.63. The zero-order valence-electron chi connectivity index (χ0n) is 19.5. The molecule has 5 rings (SSSR count). The van der Waals surface area contributed by atoms with Crippen LogP contribution < -0.4 is 19.4 Å². The van der Waals surface area contributed by atoms with Crippen molar-refractivity contribution in [2.75, 3.05) is 24.2 Å². The molecule has 0 radical (unpaired) electrons. The summed E-state index contributed by atoms with van der Waals surface area (Å²) in [5, 5.41) is 1.67. The molecule has 0 bridgehead atoms. The molecule has 2 aliphatic rings. The van der Waals surface area contributed by atoms with Crippen LogP contribution in [0.2, 0.25) is 0 Å². The number of aryl methyl sites for hydroxylation is 2. The summed E-state index contributed by atoms with van der Waals surface area (Å²) in [5.41, 5.74) is 4.27. The predicted octanol–water partition coefficient (Wildman–Crippen LogP) is 4.37. The van der Waals surface area contributed by atoms with Gasteiger partial charge in [0.1, 0.15) is 17.4 Å². The number of carbonyl (C=O) groups is 2. The largest absolute Gasteiger partial charge is 0.497 e. The third-order valence-corrected chi connectivity index (χ3v) is 6.65. The van der Waals surface area contributed by atoms with Crippen LogP contribution in [0.25, 0.3) is 0 Å². The van der Waals surface area contributed by atoms with Crippen LogP contribution in [0.5, 0.6) is 11.5 Å². The predicted molar refractivity (Wildman–Crippen MR) is 128 cm³/mol. The molecule has 3 aromatic carbocycles. The lowest BCUT2D eigenvalue weighted by Gasteiger charge is -2.29. The molecule has 174 valence electrons. The Labute approximate surface area is 198 Å². The maximum atomic E-state index is 13.7. The SMILES string of the molecule is COc1ccc([C@@H]2[C@H]3C(=O)N(c4ccc(C)c(C)c4)C(=O)[C@H]3ON2c2ccc(OC)cc2)cc1. The van der Waals surface area contributed by atoms with Gasteiger partial charge in [-0.3, -0.25) is 14.4 Å². The molecule has 3 atom stereocenters. The lowest BCUT2D eigenvalue weighted by atomic mass is 9.90. The van der Waals surface area contributed by atoms with Gasteiger partial charge in [0.05, 0.1) is 31.6 Å². The van der Waals surface area contributed by atoms with E-state index < -0.39 is 18.1 Å². The molecule has 2 amide bonds. The van der Waals surface area contributed by atoms with E-state index in [1.54, 1.807) is 19.3 Å². The number of imide groups is 1. The molecule has 0 aromatic heterocycles. The van der Waals surface area contributed by atoms with Gasteiger partial charge in [-0.15, -0.1) is 0 Å². The summed E-state index contributed by atoms with van der Waals surface area (Å²) in [6, 6.07) is 20.0. The van der Waals surface area contributed by atoms with Crippen LogP contribution in [-0.2, 0) is 14.4 Å². The molecule has 2 aliphatic heterocycles. The van der Waals surface area contributed by atoms with Crippen molar-refractivity contribution in [3.63, 3.8) is 0 Å². The van der Waals surface area contributed by atoms with E-state index in [1.165, 1.54) is 4.90 Å². The van der Waals surface area contributed by atoms with Crippen LogP contribution in [0, 0.1) is 19.8 Å². The van der Waals surface area contributed by atoms with E-state index in [-0.39, 0.29) is 11.8 Å². The molecule has 2 heterocycles. The van der Waals surface area contributed by atoms with Crippen LogP contribution in [0.4, 0.5) is 11.4 Å². The summed E-state index contributed by atoms with van der Waals surface area (Å²) in [4.78, 5) is 34.7. The second kappa shape index (κ2) is 8.50. The smallest absolute Gasteiger partial charge is 0.266 e. The first kappa shape index (κ1) is 22.0. The van der Waals surface area contributed by atoms with Gasteiger partial charge in [0, 0.05) is 0 Å². The molecular formula is C27H26N2O5. The van der Waals surface area contributed by atoms with Gasteiger partial charge in [-0.05, 0) is 79.1 Å². The Bertz CT molecular complexity index is 1240. The lowest BCUT2D eigenvalue weighted by Crippen LogP contribution is -2.37. The highest BCUT2D eigenvalue weighted by Gasteiger charge is 2.60. The minimum absolute atomic E-state index is 0.268. The fraction of sp³-hybridized carbons (Fsp3) is 0.259. The van der Waals surface area contributed by atoms with Gasteiger partial charge < -0.3 is 9.47 Å². The summed E-state index contributed by atoms with van der Waals surface area (Å²) in [6.07, 6.45) is -0.914. The normalized spacial score (nSPS) is 21.7. The number of benzene rings is 3. The van der Waals surface area contributed by atoms with Gasteiger partial charge in [0.25, 0.3) is 5.91 Å². The Hall–Kier alpha value is -3.84. The Kier molecular flexibility index (Phi) is 5.49. The van der Waals surface area contributed by atoms with E-state index in [0.717, 1.165) is 22.4 Å². The highest BCUT2D eigenvalue weighted by atomic mass is 16.7. The second-order valence-electron chi connectivity index (χ2n) is 8.57. The van der Waals surface area contributed by atoms with Crippen molar-refractivity contribution in [2.24, 2.45) is 5.92 Å². The van der Waals surface area contributed by atoms with Crippen LogP contribution >= 0.6 is 0 Å². The van der Waals surface area contributed by atoms with Crippen molar-refractivity contribution in [3.8, 4) is 11.5 Å². The number of ether oxygens (including phenoxy) is 2. The van der Waals surface area contributed by atoms with E-state index in [4.69, 9.17) is 14.3 Å². The minimum atomic E-state index is -0.914. The minimum Gasteiger partial charge on any atom is -0.497 e. The maximum absolute atomic E-state index is 13.7. The first-order valence-corrected chi connectivity index (χ1v) is 11.1. The van der Waals surface area contributed by atoms with Crippen molar-refractivity contribution >= 4 is 23.2 Å². The average molecular weight is 459 g/mol. The second-order valence-corrected chi connectivity index (χ2v) is 8.57. The van der Waals surface area contributed by atoms with Crippen LogP contribution in [0.1, 0.15) is 22.7 Å². The molecule has 2 saturated heterocycles. The van der Waals surface area contributed by atoms with Crippen molar-refractivity contribution in [1.29, 1.82) is 0 Å². The monoisotopic (exact) mass is 458 g/mol. The molecule has 0 saturated carbocycles. The summed E-state index contributed by atoms with van der Waals surface area (Å²) in [7, 11) is 3.21. The van der Waals surface area contributed by atoms with Gasteiger partial charge in [-0.2, -0.15) is 0 Å². The molecule has 3 aromatic rings. The molecule has 0 N–H and O–H groups in total. The number of hydroxylamine groups is 1. The lowest BCUT2D eigenvalue weighted by molar-refractivity contribution is -0.126.